The molecule has 9 heteroatoms. The zero-order chi connectivity index (χ0) is 20.6. The molecule has 1 atom stereocenters. The monoisotopic (exact) mass is 416 g/mol. The summed E-state index contributed by atoms with van der Waals surface area (Å²) in [6.45, 7) is 3.10. The molecule has 2 aliphatic heterocycles. The molecule has 0 aliphatic carbocycles. The van der Waals surface area contributed by atoms with Gasteiger partial charge in [0.25, 0.3) is 5.91 Å². The number of nitrogens with one attached hydrogen (secondary N) is 1. The van der Waals surface area contributed by atoms with Gasteiger partial charge in [0, 0.05) is 37.6 Å². The van der Waals surface area contributed by atoms with Crippen LogP contribution in [0.1, 0.15) is 24.8 Å². The number of carbonyl (C=O) groups is 2. The van der Waals surface area contributed by atoms with Crippen LogP contribution >= 0.6 is 0 Å². The SMILES string of the molecule is Cc1ccc2c(ccn2CCNC(=O)C2=NN(C3CCS(=O)(=O)C3)C(=O)CC2)c1. The number of hydrazone groups is 1. The molecule has 154 valence electrons. The maximum atomic E-state index is 12.5. The standard InChI is InChI=1S/C20H24N4O4S/c1-14-2-4-18-15(12-14)6-9-23(18)10-8-21-20(26)17-3-5-19(25)24(22-17)16-7-11-29(27,28)13-16/h2,4,6,9,12,16H,3,5,7-8,10-11,13H2,1H3,(H,21,26). The third-order valence-electron chi connectivity index (χ3n) is 5.44. The smallest absolute Gasteiger partial charge is 0.267 e. The number of hydrogen-bond acceptors (Lipinski definition) is 5. The van der Waals surface area contributed by atoms with E-state index in [4.69, 9.17) is 0 Å². The number of amides is 2. The lowest BCUT2D eigenvalue weighted by molar-refractivity contribution is -0.133. The van der Waals surface area contributed by atoms with Gasteiger partial charge >= 0.3 is 0 Å². The molecular formula is C20H24N4O4S. The molecule has 0 saturated carbocycles. The van der Waals surface area contributed by atoms with Crippen LogP contribution in [0, 0.1) is 6.92 Å². The second kappa shape index (κ2) is 7.62. The average Bonchev–Trinajstić information content (AvgIpc) is 3.24. The minimum Gasteiger partial charge on any atom is -0.349 e. The van der Waals surface area contributed by atoms with E-state index < -0.39 is 15.9 Å². The highest BCUT2D eigenvalue weighted by Crippen LogP contribution is 2.22. The number of benzene rings is 1. The quantitative estimate of drug-likeness (QED) is 0.792. The van der Waals surface area contributed by atoms with Gasteiger partial charge in [-0.05, 0) is 36.9 Å². The van der Waals surface area contributed by atoms with Crippen molar-refractivity contribution in [3.05, 3.63) is 36.0 Å². The predicted molar refractivity (Wildman–Crippen MR) is 110 cm³/mol. The van der Waals surface area contributed by atoms with Crippen molar-refractivity contribution >= 4 is 38.3 Å². The van der Waals surface area contributed by atoms with Crippen LogP contribution in [0.15, 0.2) is 35.6 Å². The fraction of sp³-hybridized carbons (Fsp3) is 0.450. The number of rotatable bonds is 5. The molecule has 2 amide bonds. The van der Waals surface area contributed by atoms with E-state index in [1.54, 1.807) is 0 Å². The normalized spacial score (nSPS) is 21.4. The topological polar surface area (TPSA) is 101 Å². The molecule has 29 heavy (non-hydrogen) atoms. The highest BCUT2D eigenvalue weighted by Gasteiger charge is 2.37. The highest BCUT2D eigenvalue weighted by molar-refractivity contribution is 7.91. The molecule has 3 heterocycles. The fourth-order valence-electron chi connectivity index (χ4n) is 3.89. The first-order valence-electron chi connectivity index (χ1n) is 9.76. The summed E-state index contributed by atoms with van der Waals surface area (Å²) in [5, 5.41) is 9.44. The summed E-state index contributed by atoms with van der Waals surface area (Å²) >= 11 is 0. The molecule has 8 nitrogen and oxygen atoms in total. The van der Waals surface area contributed by atoms with Crippen molar-refractivity contribution in [3.8, 4) is 0 Å². The Morgan fingerprint density at radius 3 is 2.86 bits per heavy atom. The number of nitrogens with zero attached hydrogens (tertiary/aromatic N) is 3. The van der Waals surface area contributed by atoms with Gasteiger partial charge in [0.05, 0.1) is 17.5 Å². The van der Waals surface area contributed by atoms with Gasteiger partial charge in [-0.15, -0.1) is 0 Å². The van der Waals surface area contributed by atoms with Gasteiger partial charge in [-0.2, -0.15) is 5.10 Å². The van der Waals surface area contributed by atoms with Gasteiger partial charge in [-0.1, -0.05) is 11.6 Å². The van der Waals surface area contributed by atoms with Crippen molar-refractivity contribution in [2.24, 2.45) is 5.10 Å². The number of aromatic nitrogens is 1. The van der Waals surface area contributed by atoms with Crippen molar-refractivity contribution in [2.45, 2.75) is 38.8 Å². The van der Waals surface area contributed by atoms with Gasteiger partial charge in [0.2, 0.25) is 5.91 Å². The Balaban J connectivity index is 1.38. The summed E-state index contributed by atoms with van der Waals surface area (Å²) in [4.78, 5) is 24.7. The molecule has 1 aromatic heterocycles. The Labute approximate surface area is 169 Å². The van der Waals surface area contributed by atoms with Crippen molar-refractivity contribution in [3.63, 3.8) is 0 Å². The first-order valence-corrected chi connectivity index (χ1v) is 11.6. The third kappa shape index (κ3) is 4.19. The van der Waals surface area contributed by atoms with E-state index in [-0.39, 0.29) is 41.9 Å². The van der Waals surface area contributed by atoms with E-state index in [9.17, 15) is 18.0 Å². The Hall–Kier alpha value is -2.68. The third-order valence-corrected chi connectivity index (χ3v) is 7.19. The van der Waals surface area contributed by atoms with E-state index in [0.29, 0.717) is 19.5 Å². The molecular weight excluding hydrogens is 392 g/mol. The lowest BCUT2D eigenvalue weighted by Crippen LogP contribution is -2.44. The lowest BCUT2D eigenvalue weighted by Gasteiger charge is -2.27. The van der Waals surface area contributed by atoms with Gasteiger partial charge in [0.15, 0.2) is 9.84 Å². The van der Waals surface area contributed by atoms with E-state index in [2.05, 4.69) is 46.2 Å². The molecule has 0 radical (unpaired) electrons. The van der Waals surface area contributed by atoms with Crippen LogP contribution in [0.2, 0.25) is 0 Å². The second-order valence-corrected chi connectivity index (χ2v) is 9.90. The van der Waals surface area contributed by atoms with Gasteiger partial charge < -0.3 is 9.88 Å². The Morgan fingerprint density at radius 1 is 1.28 bits per heavy atom. The Bertz CT molecular complexity index is 1100. The first kappa shape index (κ1) is 19.6. The van der Waals surface area contributed by atoms with Crippen LogP contribution in [0.4, 0.5) is 0 Å². The van der Waals surface area contributed by atoms with Crippen molar-refractivity contribution < 1.29 is 18.0 Å². The summed E-state index contributed by atoms with van der Waals surface area (Å²) in [6, 6.07) is 7.83. The van der Waals surface area contributed by atoms with Gasteiger partial charge in [0.1, 0.15) is 5.71 Å². The lowest BCUT2D eigenvalue weighted by atomic mass is 10.1. The van der Waals surface area contributed by atoms with Crippen molar-refractivity contribution in [1.82, 2.24) is 14.9 Å². The zero-order valence-corrected chi connectivity index (χ0v) is 17.1. The second-order valence-electron chi connectivity index (χ2n) is 7.67. The van der Waals surface area contributed by atoms with Crippen LogP contribution < -0.4 is 5.32 Å². The van der Waals surface area contributed by atoms with E-state index in [0.717, 1.165) is 10.9 Å². The summed E-state index contributed by atoms with van der Waals surface area (Å²) in [6.07, 6.45) is 2.80. The summed E-state index contributed by atoms with van der Waals surface area (Å²) in [5.41, 5.74) is 2.59. The first-order chi connectivity index (χ1) is 13.8. The Kier molecular flexibility index (Phi) is 5.16. The van der Waals surface area contributed by atoms with E-state index >= 15 is 0 Å². The number of hydrogen-bond donors (Lipinski definition) is 1. The van der Waals surface area contributed by atoms with Crippen LogP contribution in [0.3, 0.4) is 0 Å². The molecule has 0 bridgehead atoms. The molecule has 2 aromatic rings. The summed E-state index contributed by atoms with van der Waals surface area (Å²) < 4.78 is 25.5. The van der Waals surface area contributed by atoms with Crippen LogP contribution in [0.25, 0.3) is 10.9 Å². The fourth-order valence-corrected chi connectivity index (χ4v) is 5.59. The number of fused-ring (bicyclic) bond motifs is 1. The van der Waals surface area contributed by atoms with Crippen LogP contribution in [0.5, 0.6) is 0 Å². The molecule has 1 saturated heterocycles. The molecule has 1 unspecified atom stereocenters. The molecule has 0 spiro atoms. The number of sulfone groups is 1. The highest BCUT2D eigenvalue weighted by atomic mass is 32.2. The Morgan fingerprint density at radius 2 is 2.10 bits per heavy atom. The molecule has 2 aliphatic rings. The minimum absolute atomic E-state index is 0.0584. The average molecular weight is 417 g/mol. The minimum atomic E-state index is -3.13. The van der Waals surface area contributed by atoms with Crippen molar-refractivity contribution in [2.75, 3.05) is 18.1 Å². The zero-order valence-electron chi connectivity index (χ0n) is 16.3. The molecule has 1 N–H and O–H groups in total. The maximum absolute atomic E-state index is 12.5. The molecule has 1 fully saturated rings. The van der Waals surface area contributed by atoms with Gasteiger partial charge in [-0.3, -0.25) is 9.59 Å². The molecule has 4 rings (SSSR count). The van der Waals surface area contributed by atoms with Crippen molar-refractivity contribution in [1.29, 1.82) is 0 Å². The summed E-state index contributed by atoms with van der Waals surface area (Å²) in [7, 11) is -3.13. The van der Waals surface area contributed by atoms with Crippen LogP contribution in [-0.2, 0) is 26.0 Å². The largest absolute Gasteiger partial charge is 0.349 e. The van der Waals surface area contributed by atoms with E-state index in [1.165, 1.54) is 10.6 Å². The van der Waals surface area contributed by atoms with Gasteiger partial charge in [-0.25, -0.2) is 13.4 Å². The predicted octanol–water partition coefficient (Wildman–Crippen LogP) is 1.23. The number of aryl methyl sites for hydroxylation is 1. The summed E-state index contributed by atoms with van der Waals surface area (Å²) in [5.74, 6) is -0.561. The molecule has 1 aromatic carbocycles. The van der Waals surface area contributed by atoms with E-state index in [1.807, 2.05) is 6.20 Å². The number of carbonyl (C=O) groups excluding carboxylic acids is 2. The maximum Gasteiger partial charge on any atom is 0.267 e. The van der Waals surface area contributed by atoms with Crippen LogP contribution in [-0.4, -0.2) is 59.6 Å².